The summed E-state index contributed by atoms with van der Waals surface area (Å²) in [5.41, 5.74) is 1.03. The predicted molar refractivity (Wildman–Crippen MR) is 215 cm³/mol. The van der Waals surface area contributed by atoms with E-state index in [1.54, 1.807) is 40.8 Å². The van der Waals surface area contributed by atoms with Gasteiger partial charge >= 0.3 is 23.5 Å². The van der Waals surface area contributed by atoms with Crippen LogP contribution in [0.5, 0.6) is 0 Å². The summed E-state index contributed by atoms with van der Waals surface area (Å²) in [5, 5.41) is 45.4. The lowest BCUT2D eigenvalue weighted by Gasteiger charge is -2.32. The minimum Gasteiger partial charge on any atom is -0.382 e. The first-order chi connectivity index (χ1) is 28.8. The summed E-state index contributed by atoms with van der Waals surface area (Å²) in [6.45, 7) is 8.01. The molecule has 0 spiro atoms. The van der Waals surface area contributed by atoms with Crippen LogP contribution >= 0.6 is 23.5 Å². The molecule has 7 unspecified atom stereocenters. The van der Waals surface area contributed by atoms with Gasteiger partial charge in [-0.1, -0.05) is 52.7 Å². The number of hydrogen-bond acceptors (Lipinski definition) is 18. The van der Waals surface area contributed by atoms with Gasteiger partial charge in [-0.3, -0.25) is 56.2 Å². The van der Waals surface area contributed by atoms with Gasteiger partial charge < -0.3 is 40.8 Å². The molecule has 0 bridgehead atoms. The summed E-state index contributed by atoms with van der Waals surface area (Å²) in [4.78, 5) is 78.3. The van der Waals surface area contributed by atoms with E-state index in [9.17, 15) is 57.8 Å². The van der Waals surface area contributed by atoms with E-state index in [1.807, 2.05) is 0 Å². The summed E-state index contributed by atoms with van der Waals surface area (Å²) in [7, 11) is -14.4. The highest BCUT2D eigenvalue weighted by Crippen LogP contribution is 2.49. The van der Waals surface area contributed by atoms with Crippen LogP contribution in [0, 0.1) is 17.3 Å². The average Bonchev–Trinajstić information content (AvgIpc) is 3.61. The van der Waals surface area contributed by atoms with Gasteiger partial charge in [-0.15, -0.1) is 5.10 Å². The number of amides is 4. The Morgan fingerprint density at radius 1 is 0.790 bits per heavy atom. The van der Waals surface area contributed by atoms with Gasteiger partial charge in [-0.2, -0.15) is 0 Å². The second-order valence-electron chi connectivity index (χ2n) is 15.4. The molecule has 360 valence electrons. The smallest absolute Gasteiger partial charge is 0.382 e. The molecule has 62 heavy (non-hydrogen) atoms. The lowest BCUT2D eigenvalue weighted by molar-refractivity contribution is -0.147. The Bertz CT molecular complexity index is 1680. The molecular weight excluding hydrogens is 891 g/mol. The zero-order valence-corrected chi connectivity index (χ0v) is 38.4. The molecule has 0 fully saturated rings. The van der Waals surface area contributed by atoms with E-state index in [1.165, 1.54) is 17.1 Å². The molecule has 0 aromatic carbocycles. The molecule has 4 amide bonds. The van der Waals surface area contributed by atoms with Gasteiger partial charge in [0.15, 0.2) is 13.1 Å². The quantitative estimate of drug-likeness (QED) is 0.0155. The van der Waals surface area contributed by atoms with E-state index in [2.05, 4.69) is 48.9 Å². The summed E-state index contributed by atoms with van der Waals surface area (Å²) < 4.78 is 65.0. The van der Waals surface area contributed by atoms with Crippen molar-refractivity contribution in [1.82, 2.24) is 36.4 Å². The van der Waals surface area contributed by atoms with Crippen LogP contribution in [0.15, 0.2) is 6.20 Å². The molecule has 0 aliphatic carbocycles. The molecule has 1 rings (SSSR count). The molecule has 0 radical (unpaired) electrons. The highest BCUT2D eigenvalue weighted by atomic mass is 31.2. The number of nitrogens with zero attached hydrogens (tertiary/aromatic N) is 3. The van der Waals surface area contributed by atoms with Crippen LogP contribution in [0.2, 0.25) is 0 Å². The first-order valence-corrected chi connectivity index (χ1v) is 24.2. The normalized spacial score (nSPS) is 16.9. The number of aryl methyl sites for hydroxylation is 1. The molecule has 0 aliphatic rings. The van der Waals surface area contributed by atoms with Crippen LogP contribution in [-0.2, 0) is 73.0 Å². The van der Waals surface area contributed by atoms with E-state index < -0.39 is 91.0 Å². The van der Waals surface area contributed by atoms with Crippen molar-refractivity contribution in [3.8, 4) is 0 Å². The summed E-state index contributed by atoms with van der Waals surface area (Å²) >= 11 is 0. The van der Waals surface area contributed by atoms with Crippen molar-refractivity contribution in [2.45, 2.75) is 118 Å². The van der Waals surface area contributed by atoms with Crippen LogP contribution < -0.4 is 21.4 Å². The molecule has 10 N–H and O–H groups in total. The Kier molecular flexibility index (Phi) is 26.0. The van der Waals surface area contributed by atoms with Crippen molar-refractivity contribution >= 4 is 47.1 Å². The van der Waals surface area contributed by atoms with Crippen molar-refractivity contribution in [2.75, 3.05) is 39.7 Å². The van der Waals surface area contributed by atoms with Crippen LogP contribution in [-0.4, -0.2) is 127 Å². The Balaban J connectivity index is 2.42. The number of aliphatic hydroxyl groups is 2. The lowest BCUT2D eigenvalue weighted by Crippen LogP contribution is -2.57. The number of rotatable bonds is 33. The van der Waals surface area contributed by atoms with Crippen molar-refractivity contribution in [3.05, 3.63) is 11.9 Å². The number of carbonyl (C=O) groups excluding carboxylic acids is 4. The molecule has 26 nitrogen and oxygen atoms in total. The molecule has 1 aromatic rings. The summed E-state index contributed by atoms with van der Waals surface area (Å²) in [6, 6.07) is -1.06. The number of phosphoric ester groups is 3. The second-order valence-corrected chi connectivity index (χ2v) is 19.7. The zero-order valence-electron chi connectivity index (χ0n) is 35.7. The van der Waals surface area contributed by atoms with Crippen molar-refractivity contribution in [1.29, 1.82) is 0 Å². The molecule has 0 aliphatic heterocycles. The second kappa shape index (κ2) is 28.2. The fourth-order valence-corrected chi connectivity index (χ4v) is 7.32. The number of hydroxylamine groups is 1. The van der Waals surface area contributed by atoms with Gasteiger partial charge in [0.1, 0.15) is 12.1 Å². The van der Waals surface area contributed by atoms with E-state index in [4.69, 9.17) is 9.73 Å². The van der Waals surface area contributed by atoms with Gasteiger partial charge in [0.25, 0.3) is 5.91 Å². The third-order valence-corrected chi connectivity index (χ3v) is 11.2. The van der Waals surface area contributed by atoms with Crippen molar-refractivity contribution in [3.63, 3.8) is 0 Å². The zero-order chi connectivity index (χ0) is 47.1. The van der Waals surface area contributed by atoms with Crippen LogP contribution in [0.4, 0.5) is 0 Å². The number of phosphoric acid groups is 3. The molecule has 1 aromatic heterocycles. The molecule has 0 saturated heterocycles. The maximum atomic E-state index is 13.2. The molecular formula is C33H64N7O19P3. The van der Waals surface area contributed by atoms with Crippen molar-refractivity contribution in [2.24, 2.45) is 17.3 Å². The first-order valence-electron chi connectivity index (χ1n) is 19.7. The largest absolute Gasteiger partial charge is 0.474 e. The standard InChI is InChI=1S/C33H64N7O19P3/c1-23(2)20-26(28(43)31(45)38-47)30(44)36-29(33(4,5)6)32(46)35-15-16-40-21-25(37-39-40)12-11-13-27(42)59-62(52,53)56-19-18-55-61(50,51)58-22-57-60(48,49)54-17-10-8-7-9-14-34-24(3)41/h21,23,26-29,42-43,47H,7-20,22H2,1-6H3,(H,34,41)(H,35,46)(H,36,44)(H,38,45)(H,48,49)(H,50,51)(H,52,53). The predicted octanol–water partition coefficient (Wildman–Crippen LogP) is 1.15. The monoisotopic (exact) mass is 955 g/mol. The highest BCUT2D eigenvalue weighted by Gasteiger charge is 2.38. The maximum absolute atomic E-state index is 13.2. The van der Waals surface area contributed by atoms with Gasteiger partial charge in [0, 0.05) is 26.2 Å². The first kappa shape index (κ1) is 57.2. The van der Waals surface area contributed by atoms with E-state index >= 15 is 0 Å². The van der Waals surface area contributed by atoms with Gasteiger partial charge in [0.2, 0.25) is 17.7 Å². The highest BCUT2D eigenvalue weighted by molar-refractivity contribution is 7.48. The van der Waals surface area contributed by atoms with E-state index in [-0.39, 0.29) is 57.2 Å². The molecule has 1 heterocycles. The number of nitrogens with one attached hydrogen (secondary N) is 4. The fraction of sp³-hybridized carbons (Fsp3) is 0.818. The van der Waals surface area contributed by atoms with Crippen molar-refractivity contribution < 1.29 is 90.1 Å². The Morgan fingerprint density at radius 3 is 1.97 bits per heavy atom. The third kappa shape index (κ3) is 25.5. The van der Waals surface area contributed by atoms with Gasteiger partial charge in [-0.25, -0.2) is 19.2 Å². The van der Waals surface area contributed by atoms with Crippen LogP contribution in [0.1, 0.15) is 92.2 Å². The maximum Gasteiger partial charge on any atom is 0.474 e. The average molecular weight is 956 g/mol. The Labute approximate surface area is 359 Å². The molecule has 0 saturated carbocycles. The number of aliphatic hydroxyl groups excluding tert-OH is 2. The molecule has 7 atom stereocenters. The topological polar surface area (TPSA) is 375 Å². The Hall–Kier alpha value is -2.77. The summed E-state index contributed by atoms with van der Waals surface area (Å²) in [6.07, 6.45) is 0.873. The van der Waals surface area contributed by atoms with Crippen LogP contribution in [0.25, 0.3) is 0 Å². The van der Waals surface area contributed by atoms with Gasteiger partial charge in [-0.05, 0) is 49.9 Å². The number of aromatic nitrogens is 3. The molecule has 29 heteroatoms. The number of unbranched alkanes of at least 4 members (excludes halogenated alkanes) is 3. The van der Waals surface area contributed by atoms with Gasteiger partial charge in [0.05, 0.1) is 38.0 Å². The Morgan fingerprint density at radius 2 is 1.39 bits per heavy atom. The lowest BCUT2D eigenvalue weighted by atomic mass is 9.84. The minimum atomic E-state index is -4.88. The summed E-state index contributed by atoms with van der Waals surface area (Å²) in [5.74, 6) is -3.91. The van der Waals surface area contributed by atoms with E-state index in [0.29, 0.717) is 31.5 Å². The number of carbonyl (C=O) groups is 4. The minimum absolute atomic E-state index is 0.0733. The third-order valence-electron chi connectivity index (χ3n) is 8.33. The number of hydrogen-bond donors (Lipinski definition) is 10. The van der Waals surface area contributed by atoms with Crippen LogP contribution in [0.3, 0.4) is 0 Å². The SMILES string of the molecule is CC(=O)NCCCCCCOP(=O)(O)OCOP(=O)(O)OCCOP(=O)(O)OC(O)CCCc1cn(CCNC(=O)C(NC(=O)C(CC(C)C)C(O)C(=O)NO)C(C)(C)C)nn1. The van der Waals surface area contributed by atoms with E-state index in [0.717, 1.165) is 6.42 Å². The fourth-order valence-electron chi connectivity index (χ4n) is 5.27.